The SMILES string of the molecule is C.CC(O)CNCCCc1ccc(Cl)c(C(=O)NCC23CCCC(CCC2)C3)c1. The molecule has 0 radical (unpaired) electrons. The predicted octanol–water partition coefficient (Wildman–Crippen LogP) is 4.97. The average molecular weight is 423 g/mol. The van der Waals surface area contributed by atoms with Gasteiger partial charge in [0, 0.05) is 13.1 Å². The summed E-state index contributed by atoms with van der Waals surface area (Å²) in [4.78, 5) is 12.8. The molecule has 29 heavy (non-hydrogen) atoms. The zero-order chi connectivity index (χ0) is 20.0. The molecule has 0 spiro atoms. The number of aryl methyl sites for hydroxylation is 1. The van der Waals surface area contributed by atoms with Crippen molar-refractivity contribution in [2.45, 2.75) is 78.2 Å². The number of carbonyl (C=O) groups excluding carboxylic acids is 1. The highest BCUT2D eigenvalue weighted by Crippen LogP contribution is 2.48. The number of aliphatic hydroxyl groups is 1. The first-order valence-corrected chi connectivity index (χ1v) is 11.3. The minimum atomic E-state index is -0.325. The highest BCUT2D eigenvalue weighted by atomic mass is 35.5. The first-order chi connectivity index (χ1) is 13.5. The largest absolute Gasteiger partial charge is 0.392 e. The van der Waals surface area contributed by atoms with Crippen LogP contribution in [0.5, 0.6) is 0 Å². The van der Waals surface area contributed by atoms with E-state index < -0.39 is 0 Å². The van der Waals surface area contributed by atoms with Crippen LogP contribution in [0.25, 0.3) is 0 Å². The highest BCUT2D eigenvalue weighted by Gasteiger charge is 2.39. The van der Waals surface area contributed by atoms with Gasteiger partial charge in [-0.15, -0.1) is 0 Å². The molecule has 1 amide bonds. The Hall–Kier alpha value is -1.10. The molecule has 3 N–H and O–H groups in total. The highest BCUT2D eigenvalue weighted by molar-refractivity contribution is 6.33. The molecule has 4 nitrogen and oxygen atoms in total. The van der Waals surface area contributed by atoms with Crippen LogP contribution >= 0.6 is 11.6 Å². The summed E-state index contributed by atoms with van der Waals surface area (Å²) in [6, 6.07) is 5.78. The molecule has 3 rings (SSSR count). The molecule has 0 saturated heterocycles. The smallest absolute Gasteiger partial charge is 0.252 e. The van der Waals surface area contributed by atoms with Gasteiger partial charge >= 0.3 is 0 Å². The van der Waals surface area contributed by atoms with Crippen molar-refractivity contribution in [1.82, 2.24) is 10.6 Å². The number of aliphatic hydroxyl groups excluding tert-OH is 1. The number of carbonyl (C=O) groups is 1. The Kier molecular flexibility index (Phi) is 9.45. The summed E-state index contributed by atoms with van der Waals surface area (Å²) in [6.07, 6.45) is 10.6. The van der Waals surface area contributed by atoms with Gasteiger partial charge < -0.3 is 15.7 Å². The molecular weight excluding hydrogens is 384 g/mol. The molecule has 1 atom stereocenters. The maximum atomic E-state index is 12.8. The lowest BCUT2D eigenvalue weighted by Gasteiger charge is -2.45. The van der Waals surface area contributed by atoms with Crippen molar-refractivity contribution in [3.8, 4) is 0 Å². The van der Waals surface area contributed by atoms with Gasteiger partial charge in [0.25, 0.3) is 5.91 Å². The van der Waals surface area contributed by atoms with Crippen LogP contribution in [-0.4, -0.2) is 36.8 Å². The second-order valence-electron chi connectivity index (χ2n) is 9.01. The summed E-state index contributed by atoms with van der Waals surface area (Å²) in [6.45, 7) is 4.01. The van der Waals surface area contributed by atoms with Crippen LogP contribution in [0.15, 0.2) is 18.2 Å². The van der Waals surface area contributed by atoms with Gasteiger partial charge in [0.2, 0.25) is 0 Å². The van der Waals surface area contributed by atoms with Crippen molar-refractivity contribution in [3.63, 3.8) is 0 Å². The number of hydrogen-bond donors (Lipinski definition) is 3. The fraction of sp³-hybridized carbons (Fsp3) is 0.708. The van der Waals surface area contributed by atoms with Crippen LogP contribution in [-0.2, 0) is 6.42 Å². The fourth-order valence-electron chi connectivity index (χ4n) is 5.06. The van der Waals surface area contributed by atoms with Gasteiger partial charge in [-0.3, -0.25) is 4.79 Å². The predicted molar refractivity (Wildman–Crippen MR) is 122 cm³/mol. The summed E-state index contributed by atoms with van der Waals surface area (Å²) in [5.41, 5.74) is 2.04. The Bertz CT molecular complexity index is 652. The van der Waals surface area contributed by atoms with Gasteiger partial charge in [0.1, 0.15) is 0 Å². The minimum absolute atomic E-state index is 0. The lowest BCUT2D eigenvalue weighted by Crippen LogP contribution is -2.43. The molecule has 5 heteroatoms. The van der Waals surface area contributed by atoms with E-state index in [0.717, 1.165) is 37.4 Å². The van der Waals surface area contributed by atoms with Crippen molar-refractivity contribution < 1.29 is 9.90 Å². The minimum Gasteiger partial charge on any atom is -0.392 e. The summed E-state index contributed by atoms with van der Waals surface area (Å²) in [7, 11) is 0. The second-order valence-corrected chi connectivity index (χ2v) is 9.42. The van der Waals surface area contributed by atoms with Gasteiger partial charge in [-0.2, -0.15) is 0 Å². The number of hydrogen-bond acceptors (Lipinski definition) is 3. The van der Waals surface area contributed by atoms with Gasteiger partial charge in [-0.1, -0.05) is 50.8 Å². The van der Waals surface area contributed by atoms with Crippen LogP contribution in [0.1, 0.15) is 81.6 Å². The molecule has 2 aliphatic rings. The maximum Gasteiger partial charge on any atom is 0.252 e. The number of fused-ring (bicyclic) bond motifs is 2. The normalized spacial score (nSPS) is 24.4. The van der Waals surface area contributed by atoms with E-state index in [1.54, 1.807) is 6.92 Å². The van der Waals surface area contributed by atoms with Gasteiger partial charge in [0.15, 0.2) is 0 Å². The van der Waals surface area contributed by atoms with Crippen molar-refractivity contribution >= 4 is 17.5 Å². The molecule has 1 aromatic rings. The molecule has 0 aromatic heterocycles. The maximum absolute atomic E-state index is 12.8. The molecule has 2 bridgehead atoms. The number of halogens is 1. The molecule has 2 fully saturated rings. The van der Waals surface area contributed by atoms with Crippen molar-refractivity contribution in [2.24, 2.45) is 11.3 Å². The van der Waals surface area contributed by atoms with Gasteiger partial charge in [0.05, 0.1) is 16.7 Å². The van der Waals surface area contributed by atoms with Crippen LogP contribution < -0.4 is 10.6 Å². The summed E-state index contributed by atoms with van der Waals surface area (Å²) in [5, 5.41) is 16.2. The number of amides is 1. The molecule has 0 heterocycles. The third kappa shape index (κ3) is 6.97. The molecule has 1 aromatic carbocycles. The molecule has 1 unspecified atom stereocenters. The van der Waals surface area contributed by atoms with E-state index in [1.165, 1.54) is 44.9 Å². The summed E-state index contributed by atoms with van der Waals surface area (Å²) in [5.74, 6) is 0.829. The zero-order valence-electron chi connectivity index (χ0n) is 17.1. The van der Waals surface area contributed by atoms with E-state index in [1.807, 2.05) is 18.2 Å². The quantitative estimate of drug-likeness (QED) is 0.492. The van der Waals surface area contributed by atoms with Gasteiger partial charge in [-0.25, -0.2) is 0 Å². The van der Waals surface area contributed by atoms with E-state index in [0.29, 0.717) is 22.5 Å². The van der Waals surface area contributed by atoms with E-state index in [2.05, 4.69) is 10.6 Å². The van der Waals surface area contributed by atoms with E-state index in [-0.39, 0.29) is 19.4 Å². The van der Waals surface area contributed by atoms with Crippen LogP contribution in [0.4, 0.5) is 0 Å². The lowest BCUT2D eigenvalue weighted by atomic mass is 9.62. The Labute approximate surface area is 181 Å². The standard InChI is InChI=1S/C23H35ClN2O2.CH4/c1-17(27)15-25-12-4-7-18-8-9-21(24)20(13-18)22(28)26-16-23-10-2-5-19(14-23)6-3-11-23;/h8-9,13,17,19,25,27H,2-7,10-12,14-16H2,1H3,(H,26,28);1H4. The Morgan fingerprint density at radius 2 is 2.03 bits per heavy atom. The molecule has 2 saturated carbocycles. The van der Waals surface area contributed by atoms with Crippen molar-refractivity contribution in [1.29, 1.82) is 0 Å². The van der Waals surface area contributed by atoms with E-state index in [4.69, 9.17) is 11.6 Å². The summed E-state index contributed by atoms with van der Waals surface area (Å²) < 4.78 is 0. The molecule has 164 valence electrons. The van der Waals surface area contributed by atoms with Crippen molar-refractivity contribution in [2.75, 3.05) is 19.6 Å². The topological polar surface area (TPSA) is 61.4 Å². The summed E-state index contributed by atoms with van der Waals surface area (Å²) >= 11 is 6.33. The number of rotatable bonds is 9. The molecule has 2 aliphatic carbocycles. The number of benzene rings is 1. The monoisotopic (exact) mass is 422 g/mol. The first-order valence-electron chi connectivity index (χ1n) is 10.9. The van der Waals surface area contributed by atoms with Crippen LogP contribution in [0.2, 0.25) is 5.02 Å². The molecular formula is C24H39ClN2O2. The average Bonchev–Trinajstić information content (AvgIpc) is 2.67. The van der Waals surface area contributed by atoms with Crippen LogP contribution in [0, 0.1) is 11.3 Å². The molecule has 0 aliphatic heterocycles. The lowest BCUT2D eigenvalue weighted by molar-refractivity contribution is 0.0681. The Morgan fingerprint density at radius 3 is 2.72 bits per heavy atom. The third-order valence-corrected chi connectivity index (χ3v) is 6.85. The Morgan fingerprint density at radius 1 is 1.31 bits per heavy atom. The fourth-order valence-corrected chi connectivity index (χ4v) is 5.27. The van der Waals surface area contributed by atoms with Crippen molar-refractivity contribution in [3.05, 3.63) is 34.3 Å². The third-order valence-electron chi connectivity index (χ3n) is 6.52. The Balaban J connectivity index is 0.00000300. The second kappa shape index (κ2) is 11.3. The van der Waals surface area contributed by atoms with E-state index >= 15 is 0 Å². The van der Waals surface area contributed by atoms with Crippen LogP contribution in [0.3, 0.4) is 0 Å². The zero-order valence-corrected chi connectivity index (χ0v) is 17.9. The number of nitrogens with one attached hydrogen (secondary N) is 2. The van der Waals surface area contributed by atoms with E-state index in [9.17, 15) is 9.90 Å². The van der Waals surface area contributed by atoms with Gasteiger partial charge in [-0.05, 0) is 74.6 Å². The first kappa shape index (κ1) is 24.2.